The lowest BCUT2D eigenvalue weighted by Gasteiger charge is -2.39. The number of anilines is 2. The van der Waals surface area contributed by atoms with Gasteiger partial charge in [-0.2, -0.15) is 0 Å². The van der Waals surface area contributed by atoms with E-state index in [1.807, 2.05) is 6.07 Å². The van der Waals surface area contributed by atoms with E-state index in [1.165, 1.54) is 12.8 Å². The third-order valence-electron chi connectivity index (χ3n) is 4.06. The minimum atomic E-state index is 0.296. The van der Waals surface area contributed by atoms with Gasteiger partial charge in [0.05, 0.1) is 0 Å². The highest BCUT2D eigenvalue weighted by atomic mass is 15.3. The van der Waals surface area contributed by atoms with Gasteiger partial charge in [-0.15, -0.1) is 0 Å². The average molecular weight is 263 g/mol. The van der Waals surface area contributed by atoms with Gasteiger partial charge in [0, 0.05) is 24.6 Å². The van der Waals surface area contributed by atoms with E-state index in [-0.39, 0.29) is 0 Å². The van der Waals surface area contributed by atoms with E-state index in [1.54, 1.807) is 0 Å². The molecule has 1 aliphatic heterocycles. The fourth-order valence-electron chi connectivity index (χ4n) is 2.59. The van der Waals surface area contributed by atoms with Gasteiger partial charge in [-0.05, 0) is 25.7 Å². The van der Waals surface area contributed by atoms with E-state index in [0.717, 1.165) is 18.2 Å². The molecule has 3 N–H and O–H groups in total. The predicted octanol–water partition coefficient (Wildman–Crippen LogP) is 2.51. The molecule has 1 aromatic heterocycles. The van der Waals surface area contributed by atoms with Crippen LogP contribution in [0.3, 0.4) is 0 Å². The Morgan fingerprint density at radius 2 is 2.11 bits per heavy atom. The summed E-state index contributed by atoms with van der Waals surface area (Å²) in [6, 6.07) is 2.45. The maximum absolute atomic E-state index is 5.52. The molecule has 19 heavy (non-hydrogen) atoms. The molecule has 0 aromatic carbocycles. The number of nitrogens with zero attached hydrogens (tertiary/aromatic N) is 3. The van der Waals surface area contributed by atoms with Crippen LogP contribution in [0.25, 0.3) is 0 Å². The van der Waals surface area contributed by atoms with Crippen molar-refractivity contribution in [2.24, 2.45) is 11.8 Å². The van der Waals surface area contributed by atoms with Crippen molar-refractivity contribution in [2.45, 2.75) is 52.5 Å². The number of hydrogen-bond donors (Lipinski definition) is 2. The quantitative estimate of drug-likeness (QED) is 0.648. The molecule has 2 heterocycles. The molecule has 2 unspecified atom stereocenters. The van der Waals surface area contributed by atoms with Crippen molar-refractivity contribution < 1.29 is 0 Å². The van der Waals surface area contributed by atoms with E-state index in [4.69, 9.17) is 10.8 Å². The lowest BCUT2D eigenvalue weighted by atomic mass is 9.92. The Morgan fingerprint density at radius 1 is 1.37 bits per heavy atom. The maximum atomic E-state index is 5.52. The molecule has 2 atom stereocenters. The Kier molecular flexibility index (Phi) is 4.24. The van der Waals surface area contributed by atoms with Gasteiger partial charge in [0.25, 0.3) is 0 Å². The van der Waals surface area contributed by atoms with Crippen LogP contribution in [0.5, 0.6) is 0 Å². The Balaban J connectivity index is 2.34. The first-order valence-electron chi connectivity index (χ1n) is 7.15. The Bertz CT molecular complexity index is 432. The zero-order chi connectivity index (χ0) is 14.0. The second-order valence-corrected chi connectivity index (χ2v) is 5.82. The van der Waals surface area contributed by atoms with Crippen LogP contribution in [0, 0.1) is 5.92 Å². The largest absolute Gasteiger partial charge is 0.353 e. The van der Waals surface area contributed by atoms with E-state index in [0.29, 0.717) is 23.7 Å². The number of nitrogen functional groups attached to an aromatic ring is 1. The number of hydrazine groups is 1. The summed E-state index contributed by atoms with van der Waals surface area (Å²) in [6.07, 6.45) is 2.51. The Labute approximate surface area is 115 Å². The van der Waals surface area contributed by atoms with Crippen molar-refractivity contribution in [3.63, 3.8) is 0 Å². The van der Waals surface area contributed by atoms with Gasteiger partial charge in [-0.3, -0.25) is 0 Å². The first-order chi connectivity index (χ1) is 9.02. The topological polar surface area (TPSA) is 67.1 Å². The lowest BCUT2D eigenvalue weighted by molar-refractivity contribution is 0.361. The predicted molar refractivity (Wildman–Crippen MR) is 79.1 cm³/mol. The second kappa shape index (κ2) is 5.74. The number of nitrogens with two attached hydrogens (primary N) is 1. The molecule has 0 spiro atoms. The van der Waals surface area contributed by atoms with Crippen LogP contribution in [-0.4, -0.2) is 22.6 Å². The molecule has 0 bridgehead atoms. The smallest absolute Gasteiger partial charge is 0.145 e. The number of hydrogen-bond acceptors (Lipinski definition) is 5. The van der Waals surface area contributed by atoms with E-state index in [9.17, 15) is 0 Å². The summed E-state index contributed by atoms with van der Waals surface area (Å²) in [5, 5.41) is 0. The minimum absolute atomic E-state index is 0.296. The van der Waals surface area contributed by atoms with Gasteiger partial charge in [-0.25, -0.2) is 15.8 Å². The standard InChI is InChI=1S/C14H25N5/c1-9(2)14-16-12(18-15)8-13(17-14)19-7-5-6-10(3)11(19)4/h8-11H,5-7,15H2,1-4H3,(H,16,17,18). The second-order valence-electron chi connectivity index (χ2n) is 5.82. The third kappa shape index (κ3) is 2.97. The molecule has 0 aliphatic carbocycles. The number of piperidine rings is 1. The SMILES string of the molecule is CC(C)c1nc(NN)cc(N2CCCC(C)C2C)n1. The summed E-state index contributed by atoms with van der Waals surface area (Å²) >= 11 is 0. The van der Waals surface area contributed by atoms with Crippen LogP contribution in [0.4, 0.5) is 11.6 Å². The van der Waals surface area contributed by atoms with Gasteiger partial charge in [0.2, 0.25) is 0 Å². The fourth-order valence-corrected chi connectivity index (χ4v) is 2.59. The zero-order valence-corrected chi connectivity index (χ0v) is 12.3. The van der Waals surface area contributed by atoms with Crippen molar-refractivity contribution in [1.82, 2.24) is 9.97 Å². The Hall–Kier alpha value is -1.36. The van der Waals surface area contributed by atoms with Crippen LogP contribution in [0.15, 0.2) is 6.07 Å². The highest BCUT2D eigenvalue weighted by Crippen LogP contribution is 2.29. The van der Waals surface area contributed by atoms with Crippen molar-refractivity contribution in [2.75, 3.05) is 16.9 Å². The van der Waals surface area contributed by atoms with Crippen molar-refractivity contribution in [3.8, 4) is 0 Å². The third-order valence-corrected chi connectivity index (χ3v) is 4.06. The lowest BCUT2D eigenvalue weighted by Crippen LogP contribution is -2.43. The molecule has 5 nitrogen and oxygen atoms in total. The molecule has 0 radical (unpaired) electrons. The van der Waals surface area contributed by atoms with Crippen LogP contribution in [0.1, 0.15) is 52.3 Å². The fraction of sp³-hybridized carbons (Fsp3) is 0.714. The van der Waals surface area contributed by atoms with Gasteiger partial charge < -0.3 is 10.3 Å². The average Bonchev–Trinajstić information content (AvgIpc) is 2.41. The molecule has 1 aromatic rings. The molecule has 1 aliphatic rings. The van der Waals surface area contributed by atoms with E-state index >= 15 is 0 Å². The normalized spacial score (nSPS) is 23.8. The molecule has 0 amide bonds. The van der Waals surface area contributed by atoms with Gasteiger partial charge >= 0.3 is 0 Å². The molecule has 1 fully saturated rings. The van der Waals surface area contributed by atoms with Crippen molar-refractivity contribution >= 4 is 11.6 Å². The van der Waals surface area contributed by atoms with Crippen LogP contribution in [-0.2, 0) is 0 Å². The molecule has 5 heteroatoms. The van der Waals surface area contributed by atoms with Crippen molar-refractivity contribution in [3.05, 3.63) is 11.9 Å². The number of rotatable bonds is 3. The minimum Gasteiger partial charge on any atom is -0.353 e. The van der Waals surface area contributed by atoms with Gasteiger partial charge in [0.15, 0.2) is 0 Å². The molecular formula is C14H25N5. The molecule has 106 valence electrons. The van der Waals surface area contributed by atoms with Gasteiger partial charge in [-0.1, -0.05) is 20.8 Å². The summed E-state index contributed by atoms with van der Waals surface area (Å²) in [5.74, 6) is 9.04. The van der Waals surface area contributed by atoms with E-state index in [2.05, 4.69) is 43.0 Å². The molecule has 1 saturated heterocycles. The first kappa shape index (κ1) is 14.1. The summed E-state index contributed by atoms with van der Waals surface area (Å²) in [4.78, 5) is 11.5. The van der Waals surface area contributed by atoms with Crippen LogP contribution >= 0.6 is 0 Å². The monoisotopic (exact) mass is 263 g/mol. The van der Waals surface area contributed by atoms with E-state index < -0.39 is 0 Å². The summed E-state index contributed by atoms with van der Waals surface area (Å²) in [7, 11) is 0. The molecule has 0 saturated carbocycles. The van der Waals surface area contributed by atoms with Crippen molar-refractivity contribution in [1.29, 1.82) is 0 Å². The highest BCUT2D eigenvalue weighted by Gasteiger charge is 2.26. The Morgan fingerprint density at radius 3 is 2.74 bits per heavy atom. The molecular weight excluding hydrogens is 238 g/mol. The highest BCUT2D eigenvalue weighted by molar-refractivity contribution is 5.50. The zero-order valence-electron chi connectivity index (χ0n) is 12.3. The summed E-state index contributed by atoms with van der Waals surface area (Å²) < 4.78 is 0. The summed E-state index contributed by atoms with van der Waals surface area (Å²) in [6.45, 7) is 9.84. The van der Waals surface area contributed by atoms with Crippen LogP contribution in [0.2, 0.25) is 0 Å². The van der Waals surface area contributed by atoms with Crippen LogP contribution < -0.4 is 16.2 Å². The molecule has 2 rings (SSSR count). The van der Waals surface area contributed by atoms with Gasteiger partial charge in [0.1, 0.15) is 17.5 Å². The summed E-state index contributed by atoms with van der Waals surface area (Å²) in [5.41, 5.74) is 2.65. The first-order valence-corrected chi connectivity index (χ1v) is 7.15. The number of nitrogens with one attached hydrogen (secondary N) is 1. The maximum Gasteiger partial charge on any atom is 0.145 e. The number of aromatic nitrogens is 2.